The highest BCUT2D eigenvalue weighted by Gasteiger charge is 2.26. The monoisotopic (exact) mass is 432 g/mol. The maximum Gasteiger partial charge on any atom is 0.259 e. The molecule has 5 nitrogen and oxygen atoms in total. The Hall–Kier alpha value is -3.25. The molecule has 0 unspecified atom stereocenters. The summed E-state index contributed by atoms with van der Waals surface area (Å²) in [5, 5.41) is 2.98. The van der Waals surface area contributed by atoms with Crippen LogP contribution in [0.5, 0.6) is 5.75 Å². The van der Waals surface area contributed by atoms with E-state index in [9.17, 15) is 9.59 Å². The number of nitrogens with zero attached hydrogens (tertiary/aromatic N) is 1. The lowest BCUT2D eigenvalue weighted by molar-refractivity contribution is 0.0950. The summed E-state index contributed by atoms with van der Waals surface area (Å²) in [5.41, 5.74) is 3.10. The van der Waals surface area contributed by atoms with Crippen LogP contribution in [0.2, 0.25) is 0 Å². The highest BCUT2D eigenvalue weighted by molar-refractivity contribution is 7.99. The largest absolute Gasteiger partial charge is 0.497 e. The zero-order valence-corrected chi connectivity index (χ0v) is 18.4. The standard InChI is InChI=1S/C25H24N2O3S/c1-3-27-21-16-18(24(28)26-14-13-17-7-6-8-19(15-17)30-2)11-12-23(21)31-22-10-5-4-9-20(22)25(27)29/h4-12,15-16H,3,13-14H2,1-2H3,(H,26,28). The molecule has 158 valence electrons. The third-order valence-electron chi connectivity index (χ3n) is 5.24. The number of methoxy groups -OCH3 is 1. The van der Waals surface area contributed by atoms with Crippen molar-refractivity contribution >= 4 is 29.3 Å². The van der Waals surface area contributed by atoms with E-state index in [4.69, 9.17) is 4.74 Å². The molecular formula is C25H24N2O3S. The average Bonchev–Trinajstić information content (AvgIpc) is 2.92. The first kappa shape index (κ1) is 21.0. The first-order valence-corrected chi connectivity index (χ1v) is 11.1. The van der Waals surface area contributed by atoms with Gasteiger partial charge in [-0.1, -0.05) is 36.0 Å². The molecule has 0 spiro atoms. The number of fused-ring (bicyclic) bond motifs is 2. The van der Waals surface area contributed by atoms with E-state index in [1.54, 1.807) is 23.8 Å². The van der Waals surface area contributed by atoms with Gasteiger partial charge in [-0.2, -0.15) is 0 Å². The SMILES string of the molecule is CCN1C(=O)c2ccccc2Sc2ccc(C(=O)NCCc3cccc(OC)c3)cc21. The van der Waals surface area contributed by atoms with Crippen LogP contribution in [0.15, 0.2) is 76.5 Å². The molecule has 2 amide bonds. The Labute approximate surface area is 186 Å². The summed E-state index contributed by atoms with van der Waals surface area (Å²) >= 11 is 1.56. The molecule has 0 radical (unpaired) electrons. The second kappa shape index (κ2) is 9.27. The van der Waals surface area contributed by atoms with E-state index in [1.165, 1.54) is 0 Å². The summed E-state index contributed by atoms with van der Waals surface area (Å²) in [6.07, 6.45) is 0.707. The van der Waals surface area contributed by atoms with Crippen molar-refractivity contribution in [2.24, 2.45) is 0 Å². The van der Waals surface area contributed by atoms with Gasteiger partial charge in [-0.05, 0) is 61.4 Å². The minimum atomic E-state index is -0.152. The van der Waals surface area contributed by atoms with Crippen molar-refractivity contribution in [2.45, 2.75) is 23.1 Å². The summed E-state index contributed by atoms with van der Waals surface area (Å²) < 4.78 is 5.25. The average molecular weight is 433 g/mol. The van der Waals surface area contributed by atoms with Gasteiger partial charge in [-0.25, -0.2) is 0 Å². The predicted molar refractivity (Wildman–Crippen MR) is 123 cm³/mol. The summed E-state index contributed by atoms with van der Waals surface area (Å²) in [6, 6.07) is 21.0. The number of carbonyl (C=O) groups is 2. The van der Waals surface area contributed by atoms with Crippen LogP contribution in [0, 0.1) is 0 Å². The van der Waals surface area contributed by atoms with E-state index in [2.05, 4.69) is 5.32 Å². The van der Waals surface area contributed by atoms with Crippen molar-refractivity contribution in [2.75, 3.05) is 25.1 Å². The smallest absolute Gasteiger partial charge is 0.259 e. The molecule has 3 aromatic carbocycles. The first-order chi connectivity index (χ1) is 15.1. The van der Waals surface area contributed by atoms with Crippen LogP contribution in [0.4, 0.5) is 5.69 Å². The number of amides is 2. The number of ether oxygens (including phenoxy) is 1. The lowest BCUT2D eigenvalue weighted by atomic mass is 10.1. The second-order valence-corrected chi connectivity index (χ2v) is 8.27. The highest BCUT2D eigenvalue weighted by atomic mass is 32.2. The van der Waals surface area contributed by atoms with Gasteiger partial charge in [0.15, 0.2) is 0 Å². The van der Waals surface area contributed by atoms with E-state index in [1.807, 2.05) is 73.7 Å². The normalized spacial score (nSPS) is 12.6. The molecule has 0 bridgehead atoms. The molecule has 1 N–H and O–H groups in total. The van der Waals surface area contributed by atoms with Gasteiger partial charge in [0.2, 0.25) is 0 Å². The number of benzene rings is 3. The van der Waals surface area contributed by atoms with Gasteiger partial charge < -0.3 is 15.0 Å². The van der Waals surface area contributed by atoms with Gasteiger partial charge in [0.25, 0.3) is 11.8 Å². The molecule has 3 aromatic rings. The Bertz CT molecular complexity index is 1130. The summed E-state index contributed by atoms with van der Waals surface area (Å²) in [5.74, 6) is 0.610. The first-order valence-electron chi connectivity index (χ1n) is 10.2. The molecule has 31 heavy (non-hydrogen) atoms. The summed E-state index contributed by atoms with van der Waals surface area (Å²) in [4.78, 5) is 29.5. The quantitative estimate of drug-likeness (QED) is 0.608. The topological polar surface area (TPSA) is 58.6 Å². The fraction of sp³-hybridized carbons (Fsp3) is 0.200. The molecule has 0 aromatic heterocycles. The predicted octanol–water partition coefficient (Wildman–Crippen LogP) is 4.80. The van der Waals surface area contributed by atoms with Crippen molar-refractivity contribution in [3.63, 3.8) is 0 Å². The number of carbonyl (C=O) groups excluding carboxylic acids is 2. The van der Waals surface area contributed by atoms with E-state index in [-0.39, 0.29) is 11.8 Å². The van der Waals surface area contributed by atoms with Gasteiger partial charge in [-0.15, -0.1) is 0 Å². The fourth-order valence-electron chi connectivity index (χ4n) is 3.63. The number of anilines is 1. The van der Waals surface area contributed by atoms with Crippen molar-refractivity contribution in [3.8, 4) is 5.75 Å². The van der Waals surface area contributed by atoms with Crippen molar-refractivity contribution in [3.05, 3.63) is 83.4 Å². The van der Waals surface area contributed by atoms with Crippen LogP contribution < -0.4 is 15.0 Å². The van der Waals surface area contributed by atoms with Gasteiger partial charge in [0, 0.05) is 28.4 Å². The Balaban J connectivity index is 1.51. The van der Waals surface area contributed by atoms with Crippen molar-refractivity contribution < 1.29 is 14.3 Å². The number of hydrogen-bond donors (Lipinski definition) is 1. The molecule has 1 heterocycles. The van der Waals surface area contributed by atoms with E-state index < -0.39 is 0 Å². The molecule has 0 fully saturated rings. The fourth-order valence-corrected chi connectivity index (χ4v) is 4.68. The Morgan fingerprint density at radius 3 is 2.68 bits per heavy atom. The van der Waals surface area contributed by atoms with E-state index >= 15 is 0 Å². The van der Waals surface area contributed by atoms with Crippen LogP contribution in [-0.2, 0) is 6.42 Å². The molecule has 6 heteroatoms. The maximum atomic E-state index is 13.1. The minimum absolute atomic E-state index is 0.0417. The summed E-state index contributed by atoms with van der Waals surface area (Å²) in [6.45, 7) is 2.99. The van der Waals surface area contributed by atoms with Crippen molar-refractivity contribution in [1.82, 2.24) is 5.32 Å². The van der Waals surface area contributed by atoms with Gasteiger partial charge in [0.05, 0.1) is 18.4 Å². The third kappa shape index (κ3) is 4.44. The van der Waals surface area contributed by atoms with Crippen LogP contribution >= 0.6 is 11.8 Å². The number of hydrogen-bond acceptors (Lipinski definition) is 4. The molecule has 0 saturated carbocycles. The maximum absolute atomic E-state index is 13.1. The molecule has 0 saturated heterocycles. The van der Waals surface area contributed by atoms with Crippen LogP contribution in [0.25, 0.3) is 0 Å². The third-order valence-corrected chi connectivity index (χ3v) is 6.39. The van der Waals surface area contributed by atoms with Gasteiger partial charge in [0.1, 0.15) is 5.75 Å². The molecule has 4 rings (SSSR count). The van der Waals surface area contributed by atoms with Crippen LogP contribution in [0.3, 0.4) is 0 Å². The Morgan fingerprint density at radius 2 is 1.87 bits per heavy atom. The van der Waals surface area contributed by atoms with Crippen LogP contribution in [0.1, 0.15) is 33.2 Å². The van der Waals surface area contributed by atoms with E-state index in [0.29, 0.717) is 30.6 Å². The Kier molecular flexibility index (Phi) is 6.28. The van der Waals surface area contributed by atoms with Crippen LogP contribution in [-0.4, -0.2) is 32.0 Å². The number of rotatable bonds is 6. The van der Waals surface area contributed by atoms with Crippen molar-refractivity contribution in [1.29, 1.82) is 0 Å². The molecule has 0 atom stereocenters. The minimum Gasteiger partial charge on any atom is -0.497 e. The molecular weight excluding hydrogens is 408 g/mol. The van der Waals surface area contributed by atoms with Gasteiger partial charge in [-0.3, -0.25) is 9.59 Å². The molecule has 1 aliphatic rings. The summed E-state index contributed by atoms with van der Waals surface area (Å²) in [7, 11) is 1.64. The number of nitrogens with one attached hydrogen (secondary N) is 1. The molecule has 1 aliphatic heterocycles. The lowest BCUT2D eigenvalue weighted by Crippen LogP contribution is -2.31. The Morgan fingerprint density at radius 1 is 1.03 bits per heavy atom. The zero-order valence-electron chi connectivity index (χ0n) is 17.6. The highest BCUT2D eigenvalue weighted by Crippen LogP contribution is 2.41. The van der Waals surface area contributed by atoms with Gasteiger partial charge >= 0.3 is 0 Å². The zero-order chi connectivity index (χ0) is 21.8. The van der Waals surface area contributed by atoms with E-state index in [0.717, 1.165) is 26.8 Å². The molecule has 0 aliphatic carbocycles. The lowest BCUT2D eigenvalue weighted by Gasteiger charge is -2.21. The second-order valence-electron chi connectivity index (χ2n) is 7.19.